The first-order valence-electron chi connectivity index (χ1n) is 11.6. The van der Waals surface area contributed by atoms with Crippen molar-refractivity contribution in [1.82, 2.24) is 0 Å². The van der Waals surface area contributed by atoms with Crippen molar-refractivity contribution in [3.8, 4) is 0 Å². The maximum atomic E-state index is 10.2. The third-order valence-electron chi connectivity index (χ3n) is 5.75. The molecule has 1 aliphatic rings. The van der Waals surface area contributed by atoms with Gasteiger partial charge in [-0.15, -0.1) is 0 Å². The predicted octanol–water partition coefficient (Wildman–Crippen LogP) is 6.42. The quantitative estimate of drug-likeness (QED) is 0.372. The molecule has 0 spiro atoms. The molecule has 0 amide bonds. The smallest absolute Gasteiger partial charge is 0.158 e. The molecule has 0 aromatic heterocycles. The highest BCUT2D eigenvalue weighted by atomic mass is 16.7. The summed E-state index contributed by atoms with van der Waals surface area (Å²) in [6, 6.07) is 10.7. The van der Waals surface area contributed by atoms with Gasteiger partial charge in [0.05, 0.1) is 11.7 Å². The molecule has 1 N–H and O–H groups in total. The Morgan fingerprint density at radius 1 is 1.00 bits per heavy atom. The Hall–Kier alpha value is -0.900. The van der Waals surface area contributed by atoms with Crippen molar-refractivity contribution >= 4 is 0 Å². The van der Waals surface area contributed by atoms with E-state index in [1.165, 1.54) is 31.2 Å². The Labute approximate surface area is 172 Å². The minimum absolute atomic E-state index is 0.00698. The van der Waals surface area contributed by atoms with E-state index in [2.05, 4.69) is 44.2 Å². The van der Waals surface area contributed by atoms with Crippen LogP contribution < -0.4 is 0 Å². The molecule has 3 heteroatoms. The van der Waals surface area contributed by atoms with Gasteiger partial charge in [-0.2, -0.15) is 0 Å². The Bertz CT molecular complexity index is 494. The van der Waals surface area contributed by atoms with Crippen LogP contribution in [0.25, 0.3) is 0 Å². The van der Waals surface area contributed by atoms with Crippen LogP contribution in [0.4, 0.5) is 0 Å². The average Bonchev–Trinajstić information content (AvgIpc) is 2.68. The van der Waals surface area contributed by atoms with Gasteiger partial charge in [0.25, 0.3) is 0 Å². The highest BCUT2D eigenvalue weighted by Gasteiger charge is 2.25. The Morgan fingerprint density at radius 2 is 1.71 bits per heavy atom. The lowest BCUT2D eigenvalue weighted by atomic mass is 9.98. The zero-order valence-corrected chi connectivity index (χ0v) is 18.2. The molecule has 1 aromatic carbocycles. The summed E-state index contributed by atoms with van der Waals surface area (Å²) in [5.74, 6) is 0. The highest BCUT2D eigenvalue weighted by molar-refractivity contribution is 5.14. The zero-order chi connectivity index (χ0) is 20.1. The molecule has 0 aliphatic carbocycles. The van der Waals surface area contributed by atoms with Crippen LogP contribution in [-0.2, 0) is 15.9 Å². The summed E-state index contributed by atoms with van der Waals surface area (Å²) >= 11 is 0. The van der Waals surface area contributed by atoms with Gasteiger partial charge in [-0.05, 0) is 70.8 Å². The van der Waals surface area contributed by atoms with Crippen LogP contribution in [0.3, 0.4) is 0 Å². The molecule has 1 fully saturated rings. The fourth-order valence-corrected chi connectivity index (χ4v) is 4.00. The number of unbranched alkanes of at least 4 members (excludes halogenated alkanes) is 4. The second kappa shape index (κ2) is 13.3. The number of hydrogen-bond acceptors (Lipinski definition) is 3. The minimum atomic E-state index is -0.128. The van der Waals surface area contributed by atoms with E-state index >= 15 is 0 Å². The summed E-state index contributed by atoms with van der Waals surface area (Å²) in [6.45, 7) is 5.19. The van der Waals surface area contributed by atoms with Crippen molar-refractivity contribution < 1.29 is 14.6 Å². The number of hydrogen-bond donors (Lipinski definition) is 1. The molecule has 1 heterocycles. The van der Waals surface area contributed by atoms with Crippen molar-refractivity contribution in [3.63, 3.8) is 0 Å². The van der Waals surface area contributed by atoms with Crippen LogP contribution in [0.2, 0.25) is 0 Å². The van der Waals surface area contributed by atoms with E-state index in [1.807, 2.05) is 0 Å². The molecule has 1 saturated heterocycles. The molecule has 28 heavy (non-hydrogen) atoms. The van der Waals surface area contributed by atoms with Gasteiger partial charge in [0.2, 0.25) is 0 Å². The molecule has 1 aliphatic heterocycles. The second-order valence-corrected chi connectivity index (χ2v) is 9.01. The largest absolute Gasteiger partial charge is 0.393 e. The van der Waals surface area contributed by atoms with E-state index in [4.69, 9.17) is 9.47 Å². The lowest BCUT2D eigenvalue weighted by molar-refractivity contribution is -0.217. The topological polar surface area (TPSA) is 38.7 Å². The molecule has 1 aromatic rings. The Morgan fingerprint density at radius 3 is 2.39 bits per heavy atom. The summed E-state index contributed by atoms with van der Waals surface area (Å²) < 4.78 is 11.8. The summed E-state index contributed by atoms with van der Waals surface area (Å²) in [5, 5.41) is 10.2. The van der Waals surface area contributed by atoms with Gasteiger partial charge >= 0.3 is 0 Å². The predicted molar refractivity (Wildman–Crippen MR) is 116 cm³/mol. The number of rotatable bonds is 14. The van der Waals surface area contributed by atoms with Crippen LogP contribution in [-0.4, -0.2) is 29.7 Å². The monoisotopic (exact) mass is 390 g/mol. The standard InChI is InChI=1S/C25H42O3/c1-25(2,28-24-19-11-13-21-27-24)20-12-5-10-18-23(26)17-9-4-8-16-22-14-6-3-7-15-22/h3,6-7,14-15,23-24,26H,4-5,8-13,16-21H2,1-2H3. The zero-order valence-electron chi connectivity index (χ0n) is 18.2. The lowest BCUT2D eigenvalue weighted by Gasteiger charge is -2.32. The van der Waals surface area contributed by atoms with Crippen molar-refractivity contribution in [1.29, 1.82) is 0 Å². The van der Waals surface area contributed by atoms with E-state index < -0.39 is 0 Å². The van der Waals surface area contributed by atoms with Crippen molar-refractivity contribution in [2.45, 2.75) is 115 Å². The van der Waals surface area contributed by atoms with Crippen molar-refractivity contribution in [2.24, 2.45) is 0 Å². The van der Waals surface area contributed by atoms with Gasteiger partial charge in [0, 0.05) is 6.61 Å². The Kier molecular flexibility index (Phi) is 11.1. The third-order valence-corrected chi connectivity index (χ3v) is 5.75. The van der Waals surface area contributed by atoms with Crippen LogP contribution >= 0.6 is 0 Å². The molecular formula is C25H42O3. The van der Waals surface area contributed by atoms with E-state index in [1.54, 1.807) is 0 Å². The van der Waals surface area contributed by atoms with Crippen molar-refractivity contribution in [3.05, 3.63) is 35.9 Å². The molecule has 2 atom stereocenters. The molecule has 3 nitrogen and oxygen atoms in total. The van der Waals surface area contributed by atoms with Crippen LogP contribution in [0.1, 0.15) is 96.5 Å². The fraction of sp³-hybridized carbons (Fsp3) is 0.760. The van der Waals surface area contributed by atoms with E-state index in [-0.39, 0.29) is 18.0 Å². The van der Waals surface area contributed by atoms with E-state index in [9.17, 15) is 5.11 Å². The molecule has 2 unspecified atom stereocenters. The lowest BCUT2D eigenvalue weighted by Crippen LogP contribution is -2.34. The summed E-state index contributed by atoms with van der Waals surface area (Å²) in [6.07, 6.45) is 14.4. The first kappa shape index (κ1) is 23.4. The van der Waals surface area contributed by atoms with Crippen LogP contribution in [0, 0.1) is 0 Å². The number of benzene rings is 1. The molecule has 0 bridgehead atoms. The number of ether oxygens (including phenoxy) is 2. The summed E-state index contributed by atoms with van der Waals surface area (Å²) in [7, 11) is 0. The van der Waals surface area contributed by atoms with Gasteiger partial charge in [-0.1, -0.05) is 62.4 Å². The van der Waals surface area contributed by atoms with Crippen LogP contribution in [0.5, 0.6) is 0 Å². The first-order valence-corrected chi connectivity index (χ1v) is 11.6. The molecule has 2 rings (SSSR count). The molecular weight excluding hydrogens is 348 g/mol. The van der Waals surface area contributed by atoms with E-state index in [0.29, 0.717) is 0 Å². The number of aliphatic hydroxyl groups excluding tert-OH is 1. The molecule has 0 radical (unpaired) electrons. The maximum absolute atomic E-state index is 10.2. The average molecular weight is 391 g/mol. The number of aryl methyl sites for hydroxylation is 1. The van der Waals surface area contributed by atoms with Gasteiger partial charge in [-0.3, -0.25) is 0 Å². The molecule has 0 saturated carbocycles. The molecule has 160 valence electrons. The van der Waals surface area contributed by atoms with E-state index in [0.717, 1.165) is 64.4 Å². The maximum Gasteiger partial charge on any atom is 0.158 e. The summed E-state index contributed by atoms with van der Waals surface area (Å²) in [5.41, 5.74) is 1.31. The normalized spacial score (nSPS) is 18.9. The van der Waals surface area contributed by atoms with Gasteiger partial charge in [-0.25, -0.2) is 0 Å². The third kappa shape index (κ3) is 10.6. The van der Waals surface area contributed by atoms with Gasteiger partial charge < -0.3 is 14.6 Å². The fourth-order valence-electron chi connectivity index (χ4n) is 4.00. The Balaban J connectivity index is 1.43. The second-order valence-electron chi connectivity index (χ2n) is 9.01. The summed E-state index contributed by atoms with van der Waals surface area (Å²) in [4.78, 5) is 0. The SMILES string of the molecule is CC(C)(CCCCCC(O)CCCCCc1ccccc1)OC1CCCCO1. The highest BCUT2D eigenvalue weighted by Crippen LogP contribution is 2.25. The van der Waals surface area contributed by atoms with Gasteiger partial charge in [0.15, 0.2) is 6.29 Å². The first-order chi connectivity index (χ1) is 13.6. The minimum Gasteiger partial charge on any atom is -0.393 e. The van der Waals surface area contributed by atoms with Crippen LogP contribution in [0.15, 0.2) is 30.3 Å². The van der Waals surface area contributed by atoms with Gasteiger partial charge in [0.1, 0.15) is 0 Å². The van der Waals surface area contributed by atoms with Crippen molar-refractivity contribution in [2.75, 3.05) is 6.61 Å². The number of aliphatic hydroxyl groups is 1.